The normalized spacial score (nSPS) is 11.4. The average Bonchev–Trinajstić information content (AvgIpc) is 3.17. The first-order valence-corrected chi connectivity index (χ1v) is 12.5. The minimum absolute atomic E-state index is 0.0246. The van der Waals surface area contributed by atoms with Gasteiger partial charge in [0.25, 0.3) is 0 Å². The summed E-state index contributed by atoms with van der Waals surface area (Å²) in [5.74, 6) is 5.57. The van der Waals surface area contributed by atoms with E-state index >= 15 is 0 Å². The van der Waals surface area contributed by atoms with Crippen LogP contribution in [0.2, 0.25) is 0 Å². The van der Waals surface area contributed by atoms with E-state index in [4.69, 9.17) is 5.10 Å². The number of halogens is 2. The highest BCUT2D eigenvalue weighted by atomic mass is 32.2. The van der Waals surface area contributed by atoms with Gasteiger partial charge < -0.3 is 5.32 Å². The number of aromatic nitrogens is 2. The van der Waals surface area contributed by atoms with Crippen LogP contribution in [0.3, 0.4) is 0 Å². The minimum atomic E-state index is -0.611. The van der Waals surface area contributed by atoms with E-state index in [-0.39, 0.29) is 24.3 Å². The molecule has 1 amide bonds. The van der Waals surface area contributed by atoms with Crippen LogP contribution in [0.1, 0.15) is 48.2 Å². The second-order valence-electron chi connectivity index (χ2n) is 8.18. The Hall–Kier alpha value is -3.63. The first-order chi connectivity index (χ1) is 17.3. The van der Waals surface area contributed by atoms with Gasteiger partial charge in [-0.15, -0.1) is 5.92 Å². The Morgan fingerprint density at radius 3 is 2.44 bits per heavy atom. The molecule has 1 aromatic heterocycles. The van der Waals surface area contributed by atoms with Crippen molar-refractivity contribution in [2.75, 3.05) is 5.32 Å². The van der Waals surface area contributed by atoms with Gasteiger partial charge in [-0.1, -0.05) is 48.4 Å². The van der Waals surface area contributed by atoms with E-state index in [1.54, 1.807) is 17.1 Å². The van der Waals surface area contributed by atoms with Gasteiger partial charge in [-0.2, -0.15) is 9.19 Å². The van der Waals surface area contributed by atoms with Gasteiger partial charge in [0.05, 0.1) is 5.69 Å². The van der Waals surface area contributed by atoms with Crippen molar-refractivity contribution in [2.45, 2.75) is 46.3 Å². The zero-order valence-corrected chi connectivity index (χ0v) is 21.7. The lowest BCUT2D eigenvalue weighted by molar-refractivity contribution is -0.116. The van der Waals surface area contributed by atoms with Gasteiger partial charge >= 0.3 is 0 Å². The minimum Gasteiger partial charge on any atom is -0.310 e. The van der Waals surface area contributed by atoms with Crippen molar-refractivity contribution in [3.05, 3.63) is 100 Å². The van der Waals surface area contributed by atoms with Crippen molar-refractivity contribution in [2.24, 2.45) is 0 Å². The molecule has 0 fully saturated rings. The topological polar surface area (TPSA) is 46.9 Å². The van der Waals surface area contributed by atoms with E-state index in [9.17, 15) is 13.6 Å². The van der Waals surface area contributed by atoms with Crippen LogP contribution in [0.25, 0.3) is 5.57 Å². The molecule has 0 unspecified atom stereocenters. The van der Waals surface area contributed by atoms with Crippen LogP contribution in [-0.2, 0) is 17.0 Å². The van der Waals surface area contributed by atoms with Crippen LogP contribution in [0.5, 0.6) is 0 Å². The Kier molecular flexibility index (Phi) is 9.66. The average molecular weight is 506 g/mol. The summed E-state index contributed by atoms with van der Waals surface area (Å²) in [7, 11) is 0. The monoisotopic (exact) mass is 505 g/mol. The van der Waals surface area contributed by atoms with Crippen LogP contribution in [0.4, 0.5) is 14.6 Å². The fraction of sp³-hybridized carbons (Fsp3) is 0.241. The van der Waals surface area contributed by atoms with E-state index in [0.29, 0.717) is 17.1 Å². The molecule has 0 aliphatic rings. The maximum Gasteiger partial charge on any atom is 0.225 e. The summed E-state index contributed by atoms with van der Waals surface area (Å²) in [6.07, 6.45) is 5.93. The molecule has 2 aromatic carbocycles. The molecule has 186 valence electrons. The molecular formula is C29H29F2N3OS. The first kappa shape index (κ1) is 27.0. The van der Waals surface area contributed by atoms with Gasteiger partial charge in [-0.05, 0) is 75.4 Å². The summed E-state index contributed by atoms with van der Waals surface area (Å²) in [6.45, 7) is 6.97. The largest absolute Gasteiger partial charge is 0.310 e. The summed E-state index contributed by atoms with van der Waals surface area (Å²) in [5.41, 5.74) is 3.89. The number of benzene rings is 2. The van der Waals surface area contributed by atoms with Crippen molar-refractivity contribution in [3.8, 4) is 11.8 Å². The zero-order valence-electron chi connectivity index (χ0n) is 20.9. The number of allylic oxidation sites excluding steroid dienone is 4. The van der Waals surface area contributed by atoms with Crippen LogP contribution in [0, 0.1) is 37.3 Å². The fourth-order valence-electron chi connectivity index (χ4n) is 3.51. The van der Waals surface area contributed by atoms with E-state index in [1.807, 2.05) is 56.3 Å². The van der Waals surface area contributed by atoms with E-state index in [2.05, 4.69) is 17.2 Å². The second-order valence-corrected chi connectivity index (χ2v) is 9.07. The molecule has 3 aromatic rings. The Labute approximate surface area is 215 Å². The lowest BCUT2D eigenvalue weighted by Crippen LogP contribution is -2.15. The molecule has 0 saturated heterocycles. The third-order valence-corrected chi connectivity index (χ3v) is 6.49. The molecule has 0 saturated carbocycles. The standard InChI is InChI=1S/C29H29F2N3OS/c1-5-7-14-24(11-6-2)28-21(4)29(34(33-28)36-19-22-12-9-8-10-13-22)32-27(35)16-15-23-17-25(30)20(3)26(31)18-23/h6,8-14,17-18H,15-16,19H2,1-4H3,(H,32,35)/b11-6-,24-14+. The molecule has 0 atom stereocenters. The van der Waals surface area contributed by atoms with Crippen molar-refractivity contribution in [3.63, 3.8) is 0 Å². The lowest BCUT2D eigenvalue weighted by Gasteiger charge is -2.10. The van der Waals surface area contributed by atoms with Gasteiger partial charge in [0.15, 0.2) is 0 Å². The van der Waals surface area contributed by atoms with Crippen LogP contribution >= 0.6 is 11.9 Å². The smallest absolute Gasteiger partial charge is 0.225 e. The molecule has 0 aliphatic heterocycles. The highest BCUT2D eigenvalue weighted by molar-refractivity contribution is 7.97. The van der Waals surface area contributed by atoms with Crippen molar-refractivity contribution in [1.29, 1.82) is 0 Å². The summed E-state index contributed by atoms with van der Waals surface area (Å²) >= 11 is 1.46. The van der Waals surface area contributed by atoms with E-state index in [0.717, 1.165) is 22.4 Å². The summed E-state index contributed by atoms with van der Waals surface area (Å²) in [5, 5.41) is 7.74. The molecule has 4 nitrogen and oxygen atoms in total. The number of nitrogens with zero attached hydrogens (tertiary/aromatic N) is 2. The molecule has 0 aliphatic carbocycles. The number of hydrogen-bond acceptors (Lipinski definition) is 3. The molecular weight excluding hydrogens is 476 g/mol. The predicted molar refractivity (Wildman–Crippen MR) is 144 cm³/mol. The fourth-order valence-corrected chi connectivity index (χ4v) is 4.42. The third-order valence-electron chi connectivity index (χ3n) is 5.52. The van der Waals surface area contributed by atoms with Gasteiger partial charge in [-0.25, -0.2) is 8.78 Å². The van der Waals surface area contributed by atoms with E-state index < -0.39 is 11.6 Å². The number of carbonyl (C=O) groups excluding carboxylic acids is 1. The number of carbonyl (C=O) groups is 1. The van der Waals surface area contributed by atoms with Crippen molar-refractivity contribution in [1.82, 2.24) is 9.19 Å². The summed E-state index contributed by atoms with van der Waals surface area (Å²) in [4.78, 5) is 12.9. The molecule has 1 N–H and O–H groups in total. The predicted octanol–water partition coefficient (Wildman–Crippen LogP) is 7.03. The Bertz CT molecular complexity index is 1330. The number of rotatable bonds is 9. The van der Waals surface area contributed by atoms with Gasteiger partial charge in [0, 0.05) is 28.9 Å². The van der Waals surface area contributed by atoms with Crippen molar-refractivity contribution < 1.29 is 13.6 Å². The molecule has 0 bridgehead atoms. The molecule has 36 heavy (non-hydrogen) atoms. The first-order valence-electron chi connectivity index (χ1n) is 11.6. The van der Waals surface area contributed by atoms with Crippen LogP contribution in [0.15, 0.2) is 60.7 Å². The highest BCUT2D eigenvalue weighted by Gasteiger charge is 2.19. The summed E-state index contributed by atoms with van der Waals surface area (Å²) in [6, 6.07) is 12.5. The third kappa shape index (κ3) is 6.96. The van der Waals surface area contributed by atoms with Gasteiger partial charge in [0.2, 0.25) is 5.91 Å². The van der Waals surface area contributed by atoms with Gasteiger partial charge in [-0.3, -0.25) is 4.79 Å². The number of amides is 1. The lowest BCUT2D eigenvalue weighted by atomic mass is 10.1. The molecule has 7 heteroatoms. The molecule has 1 heterocycles. The van der Waals surface area contributed by atoms with E-state index in [1.165, 1.54) is 31.0 Å². The number of anilines is 1. The highest BCUT2D eigenvalue weighted by Crippen LogP contribution is 2.30. The summed E-state index contributed by atoms with van der Waals surface area (Å²) < 4.78 is 29.5. The number of aryl methyl sites for hydroxylation is 1. The second kappa shape index (κ2) is 12.9. The molecule has 0 spiro atoms. The zero-order chi connectivity index (χ0) is 26.1. The van der Waals surface area contributed by atoms with Crippen LogP contribution in [-0.4, -0.2) is 15.1 Å². The Balaban J connectivity index is 1.86. The maximum atomic E-state index is 13.9. The maximum absolute atomic E-state index is 13.9. The number of nitrogens with one attached hydrogen (secondary N) is 1. The van der Waals surface area contributed by atoms with Crippen LogP contribution < -0.4 is 5.32 Å². The molecule has 3 rings (SSSR count). The van der Waals surface area contributed by atoms with Gasteiger partial charge in [0.1, 0.15) is 17.5 Å². The van der Waals surface area contributed by atoms with Crippen molar-refractivity contribution >= 4 is 29.2 Å². The quantitative estimate of drug-likeness (QED) is 0.251. The number of hydrogen-bond donors (Lipinski definition) is 1. The Morgan fingerprint density at radius 2 is 1.81 bits per heavy atom. The molecule has 0 radical (unpaired) electrons. The SMILES string of the molecule is CC#C/C=C(\C=C/C)c1nn(SCc2ccccc2)c(NC(=O)CCc2cc(F)c(C)c(F)c2)c1C. The Morgan fingerprint density at radius 1 is 1.11 bits per heavy atom.